The van der Waals surface area contributed by atoms with Crippen molar-refractivity contribution < 1.29 is 28.6 Å². The molecule has 0 N–H and O–H groups in total. The fourth-order valence-corrected chi connectivity index (χ4v) is 6.50. The van der Waals surface area contributed by atoms with Crippen LogP contribution in [0.4, 0.5) is 0 Å². The molecule has 0 aromatic heterocycles. The van der Waals surface area contributed by atoms with Gasteiger partial charge < -0.3 is 14.2 Å². The minimum atomic E-state index is -0.789. The lowest BCUT2D eigenvalue weighted by atomic mass is 10.1. The zero-order valence-electron chi connectivity index (χ0n) is 38.9. The van der Waals surface area contributed by atoms with Gasteiger partial charge in [-0.25, -0.2) is 0 Å². The summed E-state index contributed by atoms with van der Waals surface area (Å²) in [5.41, 5.74) is 0. The van der Waals surface area contributed by atoms with Crippen LogP contribution in [0.5, 0.6) is 0 Å². The number of hydrogen-bond donors (Lipinski definition) is 0. The molecule has 60 heavy (non-hydrogen) atoms. The van der Waals surface area contributed by atoms with E-state index in [-0.39, 0.29) is 31.1 Å². The predicted octanol–water partition coefficient (Wildman–Crippen LogP) is 16.0. The van der Waals surface area contributed by atoms with E-state index in [4.69, 9.17) is 14.2 Å². The molecule has 0 aliphatic heterocycles. The van der Waals surface area contributed by atoms with Crippen LogP contribution < -0.4 is 0 Å². The van der Waals surface area contributed by atoms with E-state index in [1.54, 1.807) is 0 Å². The van der Waals surface area contributed by atoms with E-state index in [0.29, 0.717) is 19.3 Å². The summed E-state index contributed by atoms with van der Waals surface area (Å²) in [5.74, 6) is -0.931. The van der Waals surface area contributed by atoms with Crippen LogP contribution >= 0.6 is 0 Å². The maximum atomic E-state index is 12.8. The standard InChI is InChI=1S/C54H90O6/c1-4-7-10-13-16-19-21-23-25-27-29-31-33-35-38-41-44-47-53(56)59-50-51(49-58-52(55)46-43-40-37-18-15-12-9-6-3)60-54(57)48-45-42-39-36-34-32-30-28-26-24-22-20-17-14-11-8-5-2/h7-8,10-11,16-17,19-20,23-26,29,31,51H,4-6,9,12-15,18,21-22,27-28,30,32-50H2,1-3H3/b10-7-,11-8-,19-16-,20-17-,25-23-,26-24-,31-29-. The molecule has 0 saturated heterocycles. The molecule has 6 heteroatoms. The Morgan fingerprint density at radius 2 is 0.650 bits per heavy atom. The van der Waals surface area contributed by atoms with Crippen molar-refractivity contribution in [1.29, 1.82) is 0 Å². The van der Waals surface area contributed by atoms with Crippen LogP contribution in [0, 0.1) is 0 Å². The average Bonchev–Trinajstić information content (AvgIpc) is 3.24. The number of unbranched alkanes of at least 4 members (excludes halogenated alkanes) is 18. The first-order chi connectivity index (χ1) is 29.5. The van der Waals surface area contributed by atoms with Crippen LogP contribution in [0.2, 0.25) is 0 Å². The van der Waals surface area contributed by atoms with Gasteiger partial charge in [0.1, 0.15) is 13.2 Å². The number of carbonyl (C=O) groups is 3. The van der Waals surface area contributed by atoms with E-state index in [1.165, 1.54) is 57.8 Å². The summed E-state index contributed by atoms with van der Waals surface area (Å²) in [4.78, 5) is 37.8. The molecule has 0 aromatic rings. The Kier molecular flexibility index (Phi) is 45.5. The van der Waals surface area contributed by atoms with Gasteiger partial charge in [-0.15, -0.1) is 0 Å². The lowest BCUT2D eigenvalue weighted by Crippen LogP contribution is -2.30. The summed E-state index contributed by atoms with van der Waals surface area (Å²) in [7, 11) is 0. The topological polar surface area (TPSA) is 78.9 Å². The Morgan fingerprint density at radius 1 is 0.350 bits per heavy atom. The summed E-state index contributed by atoms with van der Waals surface area (Å²) in [6.07, 6.45) is 61.4. The van der Waals surface area contributed by atoms with Crippen LogP contribution in [0.1, 0.15) is 220 Å². The Hall–Kier alpha value is -3.41. The Morgan fingerprint density at radius 3 is 1.02 bits per heavy atom. The van der Waals surface area contributed by atoms with Gasteiger partial charge in [0, 0.05) is 19.3 Å². The van der Waals surface area contributed by atoms with Crippen molar-refractivity contribution in [2.75, 3.05) is 13.2 Å². The predicted molar refractivity (Wildman–Crippen MR) is 256 cm³/mol. The largest absolute Gasteiger partial charge is 0.462 e. The highest BCUT2D eigenvalue weighted by Crippen LogP contribution is 2.14. The van der Waals surface area contributed by atoms with Crippen LogP contribution in [-0.4, -0.2) is 37.2 Å². The Labute approximate surface area is 369 Å². The van der Waals surface area contributed by atoms with Crippen LogP contribution in [0.3, 0.4) is 0 Å². The van der Waals surface area contributed by atoms with Gasteiger partial charge >= 0.3 is 17.9 Å². The van der Waals surface area contributed by atoms with E-state index in [1.807, 2.05) is 0 Å². The van der Waals surface area contributed by atoms with E-state index < -0.39 is 6.10 Å². The highest BCUT2D eigenvalue weighted by molar-refractivity contribution is 5.71. The molecule has 0 bridgehead atoms. The summed E-state index contributed by atoms with van der Waals surface area (Å²) in [6.45, 7) is 6.34. The molecule has 1 atom stereocenters. The van der Waals surface area contributed by atoms with Gasteiger partial charge in [0.05, 0.1) is 0 Å². The molecular weight excluding hydrogens is 745 g/mol. The van der Waals surface area contributed by atoms with Crippen LogP contribution in [-0.2, 0) is 28.6 Å². The van der Waals surface area contributed by atoms with Crippen molar-refractivity contribution >= 4 is 17.9 Å². The molecule has 0 fully saturated rings. The van der Waals surface area contributed by atoms with Gasteiger partial charge in [0.15, 0.2) is 6.10 Å². The fourth-order valence-electron chi connectivity index (χ4n) is 6.50. The zero-order chi connectivity index (χ0) is 43.7. The molecule has 0 rings (SSSR count). The maximum absolute atomic E-state index is 12.8. The molecule has 0 saturated carbocycles. The van der Waals surface area contributed by atoms with Crippen molar-refractivity contribution in [2.45, 2.75) is 226 Å². The highest BCUT2D eigenvalue weighted by atomic mass is 16.6. The molecule has 0 amide bonds. The first kappa shape index (κ1) is 56.6. The Balaban J connectivity index is 4.38. The fraction of sp³-hybridized carbons (Fsp3) is 0.685. The van der Waals surface area contributed by atoms with Crippen molar-refractivity contribution in [3.8, 4) is 0 Å². The van der Waals surface area contributed by atoms with E-state index in [9.17, 15) is 14.4 Å². The van der Waals surface area contributed by atoms with Gasteiger partial charge in [-0.2, -0.15) is 0 Å². The number of esters is 3. The second-order valence-corrected chi connectivity index (χ2v) is 16.0. The second-order valence-electron chi connectivity index (χ2n) is 16.0. The van der Waals surface area contributed by atoms with Crippen molar-refractivity contribution in [3.05, 3.63) is 85.1 Å². The SMILES string of the molecule is CC/C=C\C/C=C\C/C=C\C/C=C\CCCCCCC(=O)OCC(COC(=O)CCCCCCCCCC)OC(=O)CCCCCCCCC/C=C\C/C=C\C/C=C\CC. The molecule has 0 aromatic carbocycles. The summed E-state index contributed by atoms with van der Waals surface area (Å²) in [5, 5.41) is 0. The summed E-state index contributed by atoms with van der Waals surface area (Å²) < 4.78 is 16.7. The van der Waals surface area contributed by atoms with Crippen molar-refractivity contribution in [1.82, 2.24) is 0 Å². The van der Waals surface area contributed by atoms with E-state index in [2.05, 4.69) is 106 Å². The lowest BCUT2D eigenvalue weighted by Gasteiger charge is -2.18. The number of allylic oxidation sites excluding steroid dienone is 14. The molecule has 0 radical (unpaired) electrons. The van der Waals surface area contributed by atoms with Crippen molar-refractivity contribution in [3.63, 3.8) is 0 Å². The van der Waals surface area contributed by atoms with Crippen LogP contribution in [0.15, 0.2) is 85.1 Å². The first-order valence-electron chi connectivity index (χ1n) is 24.6. The molecule has 0 aliphatic carbocycles. The normalized spacial score (nSPS) is 12.8. The second kappa shape index (κ2) is 48.3. The van der Waals surface area contributed by atoms with Gasteiger partial charge in [0.25, 0.3) is 0 Å². The van der Waals surface area contributed by atoms with E-state index >= 15 is 0 Å². The molecule has 1 unspecified atom stereocenters. The summed E-state index contributed by atoms with van der Waals surface area (Å²) in [6, 6.07) is 0. The lowest BCUT2D eigenvalue weighted by molar-refractivity contribution is -0.167. The molecular formula is C54H90O6. The highest BCUT2D eigenvalue weighted by Gasteiger charge is 2.19. The number of rotatable bonds is 43. The number of ether oxygens (including phenoxy) is 3. The first-order valence-corrected chi connectivity index (χ1v) is 24.6. The van der Waals surface area contributed by atoms with Crippen molar-refractivity contribution in [2.24, 2.45) is 0 Å². The smallest absolute Gasteiger partial charge is 0.306 e. The van der Waals surface area contributed by atoms with Gasteiger partial charge in [-0.05, 0) is 89.9 Å². The van der Waals surface area contributed by atoms with E-state index in [0.717, 1.165) is 122 Å². The number of hydrogen-bond acceptors (Lipinski definition) is 6. The quantitative estimate of drug-likeness (QED) is 0.0263. The Bertz CT molecular complexity index is 1190. The molecule has 6 nitrogen and oxygen atoms in total. The summed E-state index contributed by atoms with van der Waals surface area (Å²) >= 11 is 0. The van der Waals surface area contributed by atoms with Crippen LogP contribution in [0.25, 0.3) is 0 Å². The van der Waals surface area contributed by atoms with Gasteiger partial charge in [-0.3, -0.25) is 14.4 Å². The maximum Gasteiger partial charge on any atom is 0.306 e. The monoisotopic (exact) mass is 835 g/mol. The third-order valence-electron chi connectivity index (χ3n) is 10.1. The molecule has 0 aliphatic rings. The average molecular weight is 835 g/mol. The molecule has 0 spiro atoms. The third kappa shape index (κ3) is 45.7. The molecule has 342 valence electrons. The third-order valence-corrected chi connectivity index (χ3v) is 10.1. The van der Waals surface area contributed by atoms with Gasteiger partial charge in [0.2, 0.25) is 0 Å². The minimum absolute atomic E-state index is 0.0886. The zero-order valence-corrected chi connectivity index (χ0v) is 38.9. The minimum Gasteiger partial charge on any atom is -0.462 e. The number of carbonyl (C=O) groups excluding carboxylic acids is 3. The van der Waals surface area contributed by atoms with Gasteiger partial charge in [-0.1, -0.05) is 196 Å². The molecule has 0 heterocycles.